The molecule has 190 valence electrons. The van der Waals surface area contributed by atoms with Gasteiger partial charge in [0, 0.05) is 28.7 Å². The van der Waals surface area contributed by atoms with Gasteiger partial charge in [-0.2, -0.15) is 11.8 Å². The van der Waals surface area contributed by atoms with Gasteiger partial charge in [0.05, 0.1) is 19.8 Å². The highest BCUT2D eigenvalue weighted by Gasteiger charge is 2.40. The van der Waals surface area contributed by atoms with Crippen molar-refractivity contribution in [3.05, 3.63) is 22.8 Å². The Kier molecular flexibility index (Phi) is 9.06. The summed E-state index contributed by atoms with van der Waals surface area (Å²) in [5, 5.41) is 2.50. The van der Waals surface area contributed by atoms with Crippen LogP contribution in [0.15, 0.2) is 6.07 Å². The number of nitrogens with one attached hydrogen (secondary N) is 1. The summed E-state index contributed by atoms with van der Waals surface area (Å²) in [6, 6.07) is -0.228. The SMILES string of the molecule is COC(=O)[C@@H]1CSCc2c(O[Si](C)(C)C(C)(C)C)cc(OC)c(C)c2C(=O)OC[C@H](N)C(=O)N1. The minimum Gasteiger partial charge on any atom is -0.543 e. The number of hydrogen-bond donors (Lipinski definition) is 2. The summed E-state index contributed by atoms with van der Waals surface area (Å²) in [5.41, 5.74) is 7.49. The van der Waals surface area contributed by atoms with Crippen LogP contribution in [0, 0.1) is 6.92 Å². The largest absolute Gasteiger partial charge is 0.543 e. The number of hydrogen-bond acceptors (Lipinski definition) is 9. The lowest BCUT2D eigenvalue weighted by Gasteiger charge is -2.37. The number of cyclic esters (lactones) is 1. The van der Waals surface area contributed by atoms with Crippen molar-refractivity contribution in [2.24, 2.45) is 5.73 Å². The van der Waals surface area contributed by atoms with Crippen LogP contribution < -0.4 is 20.2 Å². The predicted molar refractivity (Wildman–Crippen MR) is 134 cm³/mol. The number of ether oxygens (including phenoxy) is 3. The molecule has 2 atom stereocenters. The van der Waals surface area contributed by atoms with Gasteiger partial charge in [-0.15, -0.1) is 0 Å². The third-order valence-corrected chi connectivity index (χ3v) is 11.7. The fourth-order valence-electron chi connectivity index (χ4n) is 3.12. The second kappa shape index (κ2) is 11.0. The van der Waals surface area contributed by atoms with Gasteiger partial charge in [0.1, 0.15) is 30.2 Å². The summed E-state index contributed by atoms with van der Waals surface area (Å²) in [4.78, 5) is 37.8. The van der Waals surface area contributed by atoms with E-state index in [2.05, 4.69) is 39.2 Å². The van der Waals surface area contributed by atoms with E-state index < -0.39 is 38.2 Å². The minimum absolute atomic E-state index is 0.0793. The van der Waals surface area contributed by atoms with Crippen molar-refractivity contribution < 1.29 is 33.0 Å². The Labute approximate surface area is 206 Å². The molecule has 0 radical (unpaired) electrons. The van der Waals surface area contributed by atoms with Crippen molar-refractivity contribution in [3.8, 4) is 11.5 Å². The number of methoxy groups -OCH3 is 2. The lowest BCUT2D eigenvalue weighted by atomic mass is 10.0. The van der Waals surface area contributed by atoms with Gasteiger partial charge in [-0.25, -0.2) is 9.59 Å². The minimum atomic E-state index is -2.27. The second-order valence-corrected chi connectivity index (χ2v) is 15.5. The maximum atomic E-state index is 13.2. The molecular weight excluding hydrogens is 476 g/mol. The summed E-state index contributed by atoms with van der Waals surface area (Å²) < 4.78 is 22.4. The number of carbonyl (C=O) groups excluding carboxylic acids is 3. The number of thioether (sulfide) groups is 1. The molecular formula is C23H36N2O7SSi. The first-order valence-electron chi connectivity index (χ1n) is 11.0. The third-order valence-electron chi connectivity index (χ3n) is 6.27. The van der Waals surface area contributed by atoms with E-state index >= 15 is 0 Å². The third kappa shape index (κ3) is 6.25. The van der Waals surface area contributed by atoms with Crippen molar-refractivity contribution in [3.63, 3.8) is 0 Å². The summed E-state index contributed by atoms with van der Waals surface area (Å²) in [6.07, 6.45) is 0. The van der Waals surface area contributed by atoms with Crippen LogP contribution >= 0.6 is 11.8 Å². The number of amides is 1. The summed E-state index contributed by atoms with van der Waals surface area (Å²) in [5.74, 6) is -0.177. The Morgan fingerprint density at radius 2 is 1.88 bits per heavy atom. The molecule has 3 N–H and O–H groups in total. The smallest absolute Gasteiger partial charge is 0.339 e. The highest BCUT2D eigenvalue weighted by atomic mass is 32.2. The van der Waals surface area contributed by atoms with Crippen molar-refractivity contribution in [1.29, 1.82) is 0 Å². The van der Waals surface area contributed by atoms with E-state index in [-0.39, 0.29) is 17.4 Å². The Hall–Kier alpha value is -2.24. The average Bonchev–Trinajstić information content (AvgIpc) is 2.75. The highest BCUT2D eigenvalue weighted by Crippen LogP contribution is 2.42. The van der Waals surface area contributed by atoms with Gasteiger partial charge in [-0.1, -0.05) is 20.8 Å². The van der Waals surface area contributed by atoms with Crippen molar-refractivity contribution in [2.75, 3.05) is 26.6 Å². The lowest BCUT2D eigenvalue weighted by Crippen LogP contribution is -2.51. The molecule has 1 aromatic rings. The van der Waals surface area contributed by atoms with Gasteiger partial charge in [-0.05, 0) is 25.1 Å². The first-order valence-corrected chi connectivity index (χ1v) is 15.1. The summed E-state index contributed by atoms with van der Waals surface area (Å²) in [7, 11) is 0.511. The fourth-order valence-corrected chi connectivity index (χ4v) is 5.22. The summed E-state index contributed by atoms with van der Waals surface area (Å²) >= 11 is 1.37. The van der Waals surface area contributed by atoms with E-state index in [1.54, 1.807) is 13.0 Å². The number of fused-ring (bicyclic) bond motifs is 1. The van der Waals surface area contributed by atoms with E-state index in [9.17, 15) is 14.4 Å². The van der Waals surface area contributed by atoms with Crippen LogP contribution in [0.1, 0.15) is 42.3 Å². The van der Waals surface area contributed by atoms with Crippen LogP contribution in [-0.2, 0) is 24.8 Å². The monoisotopic (exact) mass is 512 g/mol. The maximum absolute atomic E-state index is 13.2. The zero-order valence-electron chi connectivity index (χ0n) is 21.2. The zero-order chi connectivity index (χ0) is 25.8. The number of benzene rings is 1. The fraction of sp³-hybridized carbons (Fsp3) is 0.609. The van der Waals surface area contributed by atoms with Crippen LogP contribution in [0.5, 0.6) is 11.5 Å². The molecule has 0 saturated carbocycles. The van der Waals surface area contributed by atoms with Crippen LogP contribution in [0.4, 0.5) is 0 Å². The molecule has 0 bridgehead atoms. The van der Waals surface area contributed by atoms with Gasteiger partial charge in [0.2, 0.25) is 14.2 Å². The average molecular weight is 513 g/mol. The molecule has 34 heavy (non-hydrogen) atoms. The molecule has 1 aliphatic rings. The maximum Gasteiger partial charge on any atom is 0.339 e. The van der Waals surface area contributed by atoms with Crippen LogP contribution in [0.25, 0.3) is 0 Å². The molecule has 0 fully saturated rings. The van der Waals surface area contributed by atoms with Gasteiger partial charge in [-0.3, -0.25) is 4.79 Å². The molecule has 0 aromatic heterocycles. The van der Waals surface area contributed by atoms with E-state index in [0.717, 1.165) is 0 Å². The van der Waals surface area contributed by atoms with E-state index in [1.165, 1.54) is 26.0 Å². The molecule has 1 aliphatic heterocycles. The first kappa shape index (κ1) is 28.0. The molecule has 0 unspecified atom stereocenters. The molecule has 1 aromatic carbocycles. The van der Waals surface area contributed by atoms with Crippen LogP contribution in [0.3, 0.4) is 0 Å². The van der Waals surface area contributed by atoms with Crippen LogP contribution in [-0.4, -0.2) is 64.8 Å². The topological polar surface area (TPSA) is 126 Å². The molecule has 1 amide bonds. The Morgan fingerprint density at radius 1 is 1.24 bits per heavy atom. The number of nitrogens with two attached hydrogens (primary N) is 1. The molecule has 1 heterocycles. The molecule has 11 heteroatoms. The van der Waals surface area contributed by atoms with E-state index in [4.69, 9.17) is 24.4 Å². The van der Waals surface area contributed by atoms with Crippen molar-refractivity contribution >= 4 is 37.9 Å². The first-order chi connectivity index (χ1) is 15.7. The predicted octanol–water partition coefficient (Wildman–Crippen LogP) is 2.78. The van der Waals surface area contributed by atoms with Gasteiger partial charge in [0.15, 0.2) is 0 Å². The standard InChI is InChI=1S/C23H36N2O7SSi/c1-13-17(29-5)9-18(32-34(7,8)23(2,3)4)14-11-33-12-16(21(27)30-6)25-20(26)15(24)10-31-22(28)19(13)14/h9,15-16H,10-12,24H2,1-8H3,(H,25,26)/t15-,16-/m0/s1. The molecule has 2 rings (SSSR count). The molecule has 0 saturated heterocycles. The lowest BCUT2D eigenvalue weighted by molar-refractivity contribution is -0.144. The van der Waals surface area contributed by atoms with Gasteiger partial charge < -0.3 is 29.7 Å². The Morgan fingerprint density at radius 3 is 2.44 bits per heavy atom. The second-order valence-electron chi connectivity index (χ2n) is 9.72. The Bertz CT molecular complexity index is 946. The van der Waals surface area contributed by atoms with Gasteiger partial charge in [0.25, 0.3) is 0 Å². The molecule has 0 spiro atoms. The van der Waals surface area contributed by atoms with Crippen LogP contribution in [0.2, 0.25) is 18.1 Å². The Balaban J connectivity index is 2.62. The van der Waals surface area contributed by atoms with E-state index in [0.29, 0.717) is 33.9 Å². The molecule has 0 aliphatic carbocycles. The summed E-state index contributed by atoms with van der Waals surface area (Å²) in [6.45, 7) is 12.1. The zero-order valence-corrected chi connectivity index (χ0v) is 23.0. The normalized spacial score (nSPS) is 20.1. The quantitative estimate of drug-likeness (QED) is 0.462. The van der Waals surface area contributed by atoms with Crippen molar-refractivity contribution in [2.45, 2.75) is 63.7 Å². The highest BCUT2D eigenvalue weighted by molar-refractivity contribution is 7.98. The van der Waals surface area contributed by atoms with Gasteiger partial charge >= 0.3 is 11.9 Å². The number of carbonyl (C=O) groups is 3. The number of esters is 2. The van der Waals surface area contributed by atoms with E-state index in [1.807, 2.05) is 0 Å². The van der Waals surface area contributed by atoms with Crippen molar-refractivity contribution in [1.82, 2.24) is 5.32 Å². The number of rotatable bonds is 4. The molecule has 9 nitrogen and oxygen atoms in total.